The van der Waals surface area contributed by atoms with Crippen LogP contribution in [-0.4, -0.2) is 9.55 Å². The molecule has 0 amide bonds. The zero-order valence-electron chi connectivity index (χ0n) is 14.1. The lowest BCUT2D eigenvalue weighted by atomic mass is 10.1. The molecule has 5 rings (SSSR count). The molecule has 122 valence electrons. The van der Waals surface area contributed by atoms with E-state index in [0.29, 0.717) is 0 Å². The number of hydrogen-bond acceptors (Lipinski definition) is 2. The van der Waals surface area contributed by atoms with Gasteiger partial charge in [-0.25, -0.2) is 4.98 Å². The van der Waals surface area contributed by atoms with Crippen molar-refractivity contribution in [2.75, 3.05) is 0 Å². The minimum Gasteiger partial charge on any atom is -0.325 e. The van der Waals surface area contributed by atoms with Gasteiger partial charge in [0.15, 0.2) is 0 Å². The number of nitrogens with zero attached hydrogens (tertiary/aromatic N) is 2. The first-order valence-corrected chi connectivity index (χ1v) is 9.59. The van der Waals surface area contributed by atoms with Gasteiger partial charge >= 0.3 is 0 Å². The van der Waals surface area contributed by atoms with Crippen molar-refractivity contribution in [3.05, 3.63) is 66.0 Å². The maximum absolute atomic E-state index is 4.99. The fourth-order valence-corrected chi connectivity index (χ4v) is 4.38. The van der Waals surface area contributed by atoms with Gasteiger partial charge in [0, 0.05) is 27.6 Å². The molecule has 0 N–H and O–H groups in total. The predicted molar refractivity (Wildman–Crippen MR) is 108 cm³/mol. The maximum atomic E-state index is 4.99. The SMILES string of the molecule is CCCn1c2ccc(-c3cccs3)cc2c2cc3ccccc3nc21. The van der Waals surface area contributed by atoms with Crippen LogP contribution in [0.1, 0.15) is 13.3 Å². The van der Waals surface area contributed by atoms with Crippen molar-refractivity contribution < 1.29 is 0 Å². The molecule has 3 aromatic heterocycles. The Labute approximate surface area is 150 Å². The summed E-state index contributed by atoms with van der Waals surface area (Å²) in [6.45, 7) is 3.21. The Balaban J connectivity index is 1.89. The van der Waals surface area contributed by atoms with Crippen LogP contribution in [0, 0.1) is 0 Å². The molecule has 0 spiro atoms. The summed E-state index contributed by atoms with van der Waals surface area (Å²) in [5, 5.41) is 5.88. The fraction of sp³-hybridized carbons (Fsp3) is 0.136. The molecule has 0 saturated carbocycles. The van der Waals surface area contributed by atoms with Crippen LogP contribution in [0.4, 0.5) is 0 Å². The zero-order valence-corrected chi connectivity index (χ0v) is 14.9. The van der Waals surface area contributed by atoms with Gasteiger partial charge in [-0.2, -0.15) is 0 Å². The summed E-state index contributed by atoms with van der Waals surface area (Å²) in [7, 11) is 0. The van der Waals surface area contributed by atoms with Gasteiger partial charge in [0.1, 0.15) is 5.65 Å². The summed E-state index contributed by atoms with van der Waals surface area (Å²) in [5.74, 6) is 0. The Morgan fingerprint density at radius 1 is 0.960 bits per heavy atom. The summed E-state index contributed by atoms with van der Waals surface area (Å²) in [6.07, 6.45) is 1.10. The van der Waals surface area contributed by atoms with Crippen molar-refractivity contribution >= 4 is 44.2 Å². The molecule has 0 aliphatic rings. The number of benzene rings is 2. The quantitative estimate of drug-likeness (QED) is 0.367. The molecule has 0 unspecified atom stereocenters. The summed E-state index contributed by atoms with van der Waals surface area (Å²) in [6, 6.07) is 21.8. The van der Waals surface area contributed by atoms with Crippen LogP contribution in [0.25, 0.3) is 43.3 Å². The number of pyridine rings is 1. The van der Waals surface area contributed by atoms with E-state index in [1.54, 1.807) is 11.3 Å². The van der Waals surface area contributed by atoms with E-state index in [1.807, 2.05) is 0 Å². The lowest BCUT2D eigenvalue weighted by molar-refractivity contribution is 0.718. The van der Waals surface area contributed by atoms with Crippen LogP contribution in [0.15, 0.2) is 66.0 Å². The Kier molecular flexibility index (Phi) is 3.35. The standard InChI is InChI=1S/C22H18N2S/c1-2-11-24-20-10-9-16(21-8-5-12-25-21)14-17(20)18-13-15-6-3-4-7-19(15)23-22(18)24/h3-10,12-14H,2,11H2,1H3. The van der Waals surface area contributed by atoms with Gasteiger partial charge in [0.05, 0.1) is 11.0 Å². The fourth-order valence-electron chi connectivity index (χ4n) is 3.66. The first-order valence-electron chi connectivity index (χ1n) is 8.71. The molecule has 0 fully saturated rings. The summed E-state index contributed by atoms with van der Waals surface area (Å²) >= 11 is 1.79. The van der Waals surface area contributed by atoms with Gasteiger partial charge in [0.25, 0.3) is 0 Å². The Morgan fingerprint density at radius 2 is 1.88 bits per heavy atom. The van der Waals surface area contributed by atoms with Crippen molar-refractivity contribution in [2.45, 2.75) is 19.9 Å². The van der Waals surface area contributed by atoms with E-state index >= 15 is 0 Å². The molecule has 3 heterocycles. The van der Waals surface area contributed by atoms with Crippen molar-refractivity contribution in [1.82, 2.24) is 9.55 Å². The monoisotopic (exact) mass is 342 g/mol. The normalized spacial score (nSPS) is 11.7. The maximum Gasteiger partial charge on any atom is 0.141 e. The molecule has 0 saturated heterocycles. The predicted octanol–water partition coefficient (Wildman–Crippen LogP) is 6.48. The Bertz CT molecular complexity index is 1200. The second-order valence-electron chi connectivity index (χ2n) is 6.41. The van der Waals surface area contributed by atoms with Gasteiger partial charge in [-0.3, -0.25) is 0 Å². The van der Waals surface area contributed by atoms with E-state index in [-0.39, 0.29) is 0 Å². The molecular weight excluding hydrogens is 324 g/mol. The van der Waals surface area contributed by atoms with E-state index in [9.17, 15) is 0 Å². The Morgan fingerprint density at radius 3 is 2.72 bits per heavy atom. The summed E-state index contributed by atoms with van der Waals surface area (Å²) < 4.78 is 2.37. The number of aromatic nitrogens is 2. The van der Waals surface area contributed by atoms with Crippen LogP contribution < -0.4 is 0 Å². The second kappa shape index (κ2) is 5.71. The van der Waals surface area contributed by atoms with Crippen LogP contribution >= 0.6 is 11.3 Å². The molecule has 2 aromatic carbocycles. The van der Waals surface area contributed by atoms with E-state index in [1.165, 1.54) is 32.1 Å². The first kappa shape index (κ1) is 14.7. The highest BCUT2D eigenvalue weighted by Gasteiger charge is 2.13. The lowest BCUT2D eigenvalue weighted by Gasteiger charge is -2.05. The van der Waals surface area contributed by atoms with Crippen LogP contribution in [0.5, 0.6) is 0 Å². The van der Waals surface area contributed by atoms with Crippen molar-refractivity contribution in [3.8, 4) is 10.4 Å². The van der Waals surface area contributed by atoms with Crippen molar-refractivity contribution in [3.63, 3.8) is 0 Å². The van der Waals surface area contributed by atoms with Gasteiger partial charge in [0.2, 0.25) is 0 Å². The highest BCUT2D eigenvalue weighted by molar-refractivity contribution is 7.13. The Hall–Kier alpha value is -2.65. The van der Waals surface area contributed by atoms with E-state index in [4.69, 9.17) is 4.98 Å². The van der Waals surface area contributed by atoms with Gasteiger partial charge in [-0.1, -0.05) is 37.3 Å². The second-order valence-corrected chi connectivity index (χ2v) is 7.36. The van der Waals surface area contributed by atoms with E-state index < -0.39 is 0 Å². The highest BCUT2D eigenvalue weighted by Crippen LogP contribution is 2.34. The molecule has 0 bridgehead atoms. The smallest absolute Gasteiger partial charge is 0.141 e. The van der Waals surface area contributed by atoms with Gasteiger partial charge in [-0.05, 0) is 47.7 Å². The first-order chi connectivity index (χ1) is 12.3. The molecule has 0 aliphatic carbocycles. The molecule has 3 heteroatoms. The molecule has 5 aromatic rings. The zero-order chi connectivity index (χ0) is 16.8. The summed E-state index contributed by atoms with van der Waals surface area (Å²) in [4.78, 5) is 6.30. The number of aryl methyl sites for hydroxylation is 1. The molecule has 25 heavy (non-hydrogen) atoms. The number of para-hydroxylation sites is 1. The number of thiophene rings is 1. The lowest BCUT2D eigenvalue weighted by Crippen LogP contribution is -1.97. The molecular formula is C22H18N2S. The van der Waals surface area contributed by atoms with Crippen LogP contribution in [0.2, 0.25) is 0 Å². The largest absolute Gasteiger partial charge is 0.325 e. The molecule has 0 atom stereocenters. The number of fused-ring (bicyclic) bond motifs is 4. The third-order valence-corrected chi connectivity index (χ3v) is 5.71. The minimum absolute atomic E-state index is 0.990. The third-order valence-electron chi connectivity index (χ3n) is 4.79. The van der Waals surface area contributed by atoms with Crippen molar-refractivity contribution in [2.24, 2.45) is 0 Å². The topological polar surface area (TPSA) is 17.8 Å². The average Bonchev–Trinajstić information content (AvgIpc) is 3.28. The van der Waals surface area contributed by atoms with Crippen LogP contribution in [-0.2, 0) is 6.54 Å². The molecule has 2 nitrogen and oxygen atoms in total. The van der Waals surface area contributed by atoms with Crippen LogP contribution in [0.3, 0.4) is 0 Å². The van der Waals surface area contributed by atoms with E-state index in [0.717, 1.165) is 24.1 Å². The number of rotatable bonds is 3. The molecule has 0 radical (unpaired) electrons. The minimum atomic E-state index is 0.990. The van der Waals surface area contributed by atoms with E-state index in [2.05, 4.69) is 77.5 Å². The summed E-state index contributed by atoms with van der Waals surface area (Å²) in [5.41, 5.74) is 4.72. The van der Waals surface area contributed by atoms with Gasteiger partial charge in [-0.15, -0.1) is 11.3 Å². The average molecular weight is 342 g/mol. The molecule has 0 aliphatic heterocycles. The van der Waals surface area contributed by atoms with Crippen molar-refractivity contribution in [1.29, 1.82) is 0 Å². The number of hydrogen-bond donors (Lipinski definition) is 0. The third kappa shape index (κ3) is 2.27. The highest BCUT2D eigenvalue weighted by atomic mass is 32.1. The van der Waals surface area contributed by atoms with Gasteiger partial charge < -0.3 is 4.57 Å².